The number of nitrogens with one attached hydrogen (secondary N) is 1. The van der Waals surface area contributed by atoms with Crippen LogP contribution in [0.4, 0.5) is 10.1 Å². The molecule has 5 heteroatoms. The standard InChI is InChI=1S/C14H11ClFNO2/c15-11-4-1-9(2-5-11)8-17-13-7-10(14(18)19)3-6-12(13)16/h1-7,17H,8H2,(H,18,19). The van der Waals surface area contributed by atoms with E-state index in [2.05, 4.69) is 5.32 Å². The van der Waals surface area contributed by atoms with Gasteiger partial charge in [0.25, 0.3) is 0 Å². The summed E-state index contributed by atoms with van der Waals surface area (Å²) in [4.78, 5) is 10.8. The van der Waals surface area contributed by atoms with Crippen LogP contribution >= 0.6 is 11.6 Å². The number of carboxylic acid groups (broad SMARTS) is 1. The van der Waals surface area contributed by atoms with Crippen LogP contribution in [0, 0.1) is 5.82 Å². The molecule has 98 valence electrons. The van der Waals surface area contributed by atoms with Gasteiger partial charge in [-0.05, 0) is 35.9 Å². The predicted molar refractivity (Wildman–Crippen MR) is 72.1 cm³/mol. The van der Waals surface area contributed by atoms with E-state index in [1.807, 2.05) is 12.1 Å². The van der Waals surface area contributed by atoms with Crippen LogP contribution in [0.5, 0.6) is 0 Å². The molecule has 0 bridgehead atoms. The van der Waals surface area contributed by atoms with Crippen LogP contribution < -0.4 is 5.32 Å². The lowest BCUT2D eigenvalue weighted by atomic mass is 10.1. The van der Waals surface area contributed by atoms with E-state index in [4.69, 9.17) is 16.7 Å². The first-order valence-corrected chi connectivity index (χ1v) is 5.95. The van der Waals surface area contributed by atoms with Crippen molar-refractivity contribution in [3.05, 3.63) is 64.4 Å². The highest BCUT2D eigenvalue weighted by Crippen LogP contribution is 2.18. The number of benzene rings is 2. The van der Waals surface area contributed by atoms with Gasteiger partial charge < -0.3 is 10.4 Å². The van der Waals surface area contributed by atoms with E-state index in [-0.39, 0.29) is 11.3 Å². The van der Waals surface area contributed by atoms with Gasteiger partial charge in [0.2, 0.25) is 0 Å². The zero-order valence-electron chi connectivity index (χ0n) is 9.86. The van der Waals surface area contributed by atoms with Gasteiger partial charge in [0.05, 0.1) is 11.3 Å². The molecule has 0 heterocycles. The van der Waals surface area contributed by atoms with E-state index in [1.165, 1.54) is 12.1 Å². The van der Waals surface area contributed by atoms with Crippen molar-refractivity contribution in [3.63, 3.8) is 0 Å². The Morgan fingerprint density at radius 1 is 1.21 bits per heavy atom. The van der Waals surface area contributed by atoms with Crippen molar-refractivity contribution in [1.29, 1.82) is 0 Å². The Morgan fingerprint density at radius 2 is 1.89 bits per heavy atom. The number of carbonyl (C=O) groups is 1. The van der Waals surface area contributed by atoms with Gasteiger partial charge in [-0.25, -0.2) is 9.18 Å². The second kappa shape index (κ2) is 5.71. The molecule has 0 spiro atoms. The van der Waals surface area contributed by atoms with Crippen LogP contribution in [0.1, 0.15) is 15.9 Å². The highest BCUT2D eigenvalue weighted by molar-refractivity contribution is 6.30. The minimum absolute atomic E-state index is 0.0417. The van der Waals surface area contributed by atoms with Crippen molar-refractivity contribution in [3.8, 4) is 0 Å². The average Bonchev–Trinajstić information content (AvgIpc) is 2.39. The Balaban J connectivity index is 2.12. The van der Waals surface area contributed by atoms with Crippen molar-refractivity contribution >= 4 is 23.3 Å². The second-order valence-electron chi connectivity index (χ2n) is 3.98. The molecule has 0 aliphatic rings. The average molecular weight is 280 g/mol. The van der Waals surface area contributed by atoms with E-state index in [0.717, 1.165) is 11.6 Å². The third-order valence-corrected chi connectivity index (χ3v) is 2.86. The lowest BCUT2D eigenvalue weighted by Gasteiger charge is -2.08. The van der Waals surface area contributed by atoms with Crippen LogP contribution in [-0.2, 0) is 6.54 Å². The van der Waals surface area contributed by atoms with E-state index in [9.17, 15) is 9.18 Å². The number of aromatic carboxylic acids is 1. The second-order valence-corrected chi connectivity index (χ2v) is 4.42. The molecule has 0 unspecified atom stereocenters. The molecule has 2 aromatic rings. The number of rotatable bonds is 4. The molecule has 0 saturated carbocycles. The quantitative estimate of drug-likeness (QED) is 0.895. The van der Waals surface area contributed by atoms with Gasteiger partial charge in [-0.3, -0.25) is 0 Å². The number of halogens is 2. The minimum atomic E-state index is -1.09. The summed E-state index contributed by atoms with van der Waals surface area (Å²) < 4.78 is 13.5. The number of carboxylic acids is 1. The molecule has 0 radical (unpaired) electrons. The fraction of sp³-hybridized carbons (Fsp3) is 0.0714. The first kappa shape index (κ1) is 13.4. The molecule has 19 heavy (non-hydrogen) atoms. The summed E-state index contributed by atoms with van der Waals surface area (Å²) in [5.74, 6) is -1.58. The normalized spacial score (nSPS) is 10.2. The molecular formula is C14H11ClFNO2. The zero-order chi connectivity index (χ0) is 13.8. The minimum Gasteiger partial charge on any atom is -0.478 e. The Bertz CT molecular complexity index is 599. The smallest absolute Gasteiger partial charge is 0.335 e. The van der Waals surface area contributed by atoms with Crippen LogP contribution in [0.3, 0.4) is 0 Å². The number of hydrogen-bond donors (Lipinski definition) is 2. The van der Waals surface area contributed by atoms with Crippen molar-refractivity contribution in [2.45, 2.75) is 6.54 Å². The Labute approximate surface area is 114 Å². The van der Waals surface area contributed by atoms with Gasteiger partial charge in [0, 0.05) is 11.6 Å². The molecule has 2 N–H and O–H groups in total. The van der Waals surface area contributed by atoms with Gasteiger partial charge in [-0.15, -0.1) is 0 Å². The van der Waals surface area contributed by atoms with Crippen molar-refractivity contribution in [1.82, 2.24) is 0 Å². The topological polar surface area (TPSA) is 49.3 Å². The molecule has 0 fully saturated rings. The van der Waals surface area contributed by atoms with Crippen LogP contribution in [0.2, 0.25) is 5.02 Å². The molecule has 0 aromatic heterocycles. The third kappa shape index (κ3) is 3.45. The van der Waals surface area contributed by atoms with Crippen LogP contribution in [-0.4, -0.2) is 11.1 Å². The van der Waals surface area contributed by atoms with E-state index in [0.29, 0.717) is 11.6 Å². The predicted octanol–water partition coefficient (Wildman–Crippen LogP) is 3.79. The summed E-state index contributed by atoms with van der Waals surface area (Å²) in [5, 5.41) is 12.3. The maximum absolute atomic E-state index is 13.5. The highest BCUT2D eigenvalue weighted by atomic mass is 35.5. The monoisotopic (exact) mass is 279 g/mol. The molecule has 2 aromatic carbocycles. The molecule has 2 rings (SSSR count). The van der Waals surface area contributed by atoms with E-state index < -0.39 is 11.8 Å². The summed E-state index contributed by atoms with van der Waals surface area (Å²) in [6, 6.07) is 10.7. The maximum Gasteiger partial charge on any atom is 0.335 e. The van der Waals surface area contributed by atoms with Gasteiger partial charge in [-0.2, -0.15) is 0 Å². The highest BCUT2D eigenvalue weighted by Gasteiger charge is 2.08. The largest absolute Gasteiger partial charge is 0.478 e. The summed E-state index contributed by atoms with van der Waals surface area (Å²) in [6.45, 7) is 0.386. The first-order chi connectivity index (χ1) is 9.06. The Morgan fingerprint density at radius 3 is 2.53 bits per heavy atom. The van der Waals surface area contributed by atoms with Crippen molar-refractivity contribution in [2.24, 2.45) is 0 Å². The molecular weight excluding hydrogens is 269 g/mol. The van der Waals surface area contributed by atoms with Gasteiger partial charge in [0.15, 0.2) is 0 Å². The van der Waals surface area contributed by atoms with Gasteiger partial charge in [0.1, 0.15) is 5.82 Å². The lowest BCUT2D eigenvalue weighted by molar-refractivity contribution is 0.0697. The first-order valence-electron chi connectivity index (χ1n) is 5.57. The zero-order valence-corrected chi connectivity index (χ0v) is 10.6. The molecule has 0 amide bonds. The SMILES string of the molecule is O=C(O)c1ccc(F)c(NCc2ccc(Cl)cc2)c1. The van der Waals surface area contributed by atoms with E-state index >= 15 is 0 Å². The summed E-state index contributed by atoms with van der Waals surface area (Å²) in [7, 11) is 0. The number of anilines is 1. The van der Waals surface area contributed by atoms with Crippen molar-refractivity contribution < 1.29 is 14.3 Å². The third-order valence-electron chi connectivity index (χ3n) is 2.61. The van der Waals surface area contributed by atoms with E-state index in [1.54, 1.807) is 12.1 Å². The fourth-order valence-electron chi connectivity index (χ4n) is 1.59. The van der Waals surface area contributed by atoms with Crippen LogP contribution in [0.25, 0.3) is 0 Å². The molecule has 0 aliphatic heterocycles. The maximum atomic E-state index is 13.5. The summed E-state index contributed by atoms with van der Waals surface area (Å²) in [6.07, 6.45) is 0. The van der Waals surface area contributed by atoms with Crippen molar-refractivity contribution in [2.75, 3.05) is 5.32 Å². The lowest BCUT2D eigenvalue weighted by Crippen LogP contribution is -2.04. The Kier molecular flexibility index (Phi) is 4.02. The van der Waals surface area contributed by atoms with Gasteiger partial charge >= 0.3 is 5.97 Å². The van der Waals surface area contributed by atoms with Gasteiger partial charge in [-0.1, -0.05) is 23.7 Å². The molecule has 0 aliphatic carbocycles. The summed E-state index contributed by atoms with van der Waals surface area (Å²) >= 11 is 5.76. The fourth-order valence-corrected chi connectivity index (χ4v) is 1.72. The molecule has 0 atom stereocenters. The number of hydrogen-bond acceptors (Lipinski definition) is 2. The Hall–Kier alpha value is -2.07. The molecule has 3 nitrogen and oxygen atoms in total. The molecule has 0 saturated heterocycles. The van der Waals surface area contributed by atoms with Crippen LogP contribution in [0.15, 0.2) is 42.5 Å². The summed E-state index contributed by atoms with van der Waals surface area (Å²) in [5.41, 5.74) is 1.12.